The maximum Gasteiger partial charge on any atom is 0.159 e. The first-order valence-electron chi connectivity index (χ1n) is 5.49. The Morgan fingerprint density at radius 3 is 2.39 bits per heavy atom. The summed E-state index contributed by atoms with van der Waals surface area (Å²) >= 11 is 5.83. The number of halogens is 1. The van der Waals surface area contributed by atoms with Crippen molar-refractivity contribution in [2.75, 3.05) is 11.1 Å². The van der Waals surface area contributed by atoms with Crippen LogP contribution in [-0.2, 0) is 0 Å². The van der Waals surface area contributed by atoms with Gasteiger partial charge in [-0.15, -0.1) is 0 Å². The van der Waals surface area contributed by atoms with Gasteiger partial charge < -0.3 is 11.1 Å². The number of carbonyl (C=O) groups excluding carboxylic acids is 1. The van der Waals surface area contributed by atoms with E-state index < -0.39 is 0 Å². The smallest absolute Gasteiger partial charge is 0.159 e. The highest BCUT2D eigenvalue weighted by molar-refractivity contribution is 6.31. The number of nitrogens with one attached hydrogen (secondary N) is 1. The second-order valence-corrected chi connectivity index (χ2v) is 4.43. The van der Waals surface area contributed by atoms with Crippen LogP contribution in [0, 0.1) is 0 Å². The standard InChI is InChI=1S/C14H13ClN2O/c1-9(18)10-2-5-12(6-3-10)17-14-7-4-11(15)8-13(14)16/h2-8,17H,16H2,1H3. The minimum atomic E-state index is 0.0487. The van der Waals surface area contributed by atoms with Crippen molar-refractivity contribution in [2.45, 2.75) is 6.92 Å². The molecule has 0 bridgehead atoms. The van der Waals surface area contributed by atoms with Crippen LogP contribution in [0.4, 0.5) is 17.1 Å². The van der Waals surface area contributed by atoms with Crippen LogP contribution in [0.1, 0.15) is 17.3 Å². The number of nitrogen functional groups attached to an aromatic ring is 1. The van der Waals surface area contributed by atoms with Crippen molar-refractivity contribution >= 4 is 34.4 Å². The molecule has 4 heteroatoms. The summed E-state index contributed by atoms with van der Waals surface area (Å²) in [6.45, 7) is 1.54. The van der Waals surface area contributed by atoms with Gasteiger partial charge in [0.05, 0.1) is 11.4 Å². The molecule has 18 heavy (non-hydrogen) atoms. The molecule has 2 rings (SSSR count). The maximum absolute atomic E-state index is 11.2. The maximum atomic E-state index is 11.2. The quantitative estimate of drug-likeness (QED) is 0.651. The van der Waals surface area contributed by atoms with Gasteiger partial charge in [0.2, 0.25) is 0 Å². The van der Waals surface area contributed by atoms with Crippen molar-refractivity contribution < 1.29 is 4.79 Å². The molecule has 0 aliphatic rings. The molecule has 0 atom stereocenters. The van der Waals surface area contributed by atoms with Gasteiger partial charge >= 0.3 is 0 Å². The zero-order chi connectivity index (χ0) is 13.1. The topological polar surface area (TPSA) is 55.1 Å². The number of ketones is 1. The minimum Gasteiger partial charge on any atom is -0.397 e. The van der Waals surface area contributed by atoms with E-state index in [0.717, 1.165) is 11.4 Å². The van der Waals surface area contributed by atoms with E-state index in [0.29, 0.717) is 16.3 Å². The molecule has 0 radical (unpaired) electrons. The highest BCUT2D eigenvalue weighted by atomic mass is 35.5. The Bertz CT molecular complexity index is 579. The molecule has 0 aliphatic carbocycles. The first kappa shape index (κ1) is 12.5. The molecule has 0 heterocycles. The molecule has 0 saturated heterocycles. The molecule has 92 valence electrons. The summed E-state index contributed by atoms with van der Waals surface area (Å²) in [6, 6.07) is 12.5. The predicted molar refractivity (Wildman–Crippen MR) is 75.6 cm³/mol. The fourth-order valence-electron chi connectivity index (χ4n) is 1.59. The number of hydrogen-bond acceptors (Lipinski definition) is 3. The summed E-state index contributed by atoms with van der Waals surface area (Å²) < 4.78 is 0. The second kappa shape index (κ2) is 5.10. The number of hydrogen-bond donors (Lipinski definition) is 2. The third-order valence-corrected chi connectivity index (χ3v) is 2.82. The van der Waals surface area contributed by atoms with Crippen LogP contribution in [0.5, 0.6) is 0 Å². The van der Waals surface area contributed by atoms with Crippen molar-refractivity contribution in [1.29, 1.82) is 0 Å². The Hall–Kier alpha value is -2.00. The van der Waals surface area contributed by atoms with Crippen molar-refractivity contribution in [3.8, 4) is 0 Å². The Labute approximate surface area is 111 Å². The largest absolute Gasteiger partial charge is 0.397 e. The molecule has 3 N–H and O–H groups in total. The van der Waals surface area contributed by atoms with Gasteiger partial charge in [-0.1, -0.05) is 11.6 Å². The zero-order valence-electron chi connectivity index (χ0n) is 9.91. The molecular weight excluding hydrogens is 248 g/mol. The lowest BCUT2D eigenvalue weighted by Crippen LogP contribution is -1.97. The molecule has 0 amide bonds. The first-order chi connectivity index (χ1) is 8.56. The van der Waals surface area contributed by atoms with Crippen LogP contribution < -0.4 is 11.1 Å². The van der Waals surface area contributed by atoms with Gasteiger partial charge in [-0.05, 0) is 49.4 Å². The van der Waals surface area contributed by atoms with Gasteiger partial charge in [-0.25, -0.2) is 0 Å². The van der Waals surface area contributed by atoms with E-state index in [9.17, 15) is 4.79 Å². The third-order valence-electron chi connectivity index (χ3n) is 2.58. The first-order valence-corrected chi connectivity index (χ1v) is 5.87. The van der Waals surface area contributed by atoms with Gasteiger partial charge in [0.25, 0.3) is 0 Å². The molecule has 0 aliphatic heterocycles. The van der Waals surface area contributed by atoms with E-state index in [1.165, 1.54) is 0 Å². The van der Waals surface area contributed by atoms with Gasteiger partial charge in [-0.2, -0.15) is 0 Å². The number of benzene rings is 2. The van der Waals surface area contributed by atoms with E-state index in [4.69, 9.17) is 17.3 Å². The lowest BCUT2D eigenvalue weighted by atomic mass is 10.1. The fourth-order valence-corrected chi connectivity index (χ4v) is 1.77. The fraction of sp³-hybridized carbons (Fsp3) is 0.0714. The van der Waals surface area contributed by atoms with E-state index in [1.807, 2.05) is 18.2 Å². The number of rotatable bonds is 3. The monoisotopic (exact) mass is 260 g/mol. The summed E-state index contributed by atoms with van der Waals surface area (Å²) in [7, 11) is 0. The number of anilines is 3. The number of Topliss-reactive ketones (excluding diaryl/α,β-unsaturated/α-hetero) is 1. The minimum absolute atomic E-state index is 0.0487. The molecule has 0 fully saturated rings. The predicted octanol–water partition coefficient (Wildman–Crippen LogP) is 3.87. The van der Waals surface area contributed by atoms with E-state index in [2.05, 4.69) is 5.32 Å². The highest BCUT2D eigenvalue weighted by Crippen LogP contribution is 2.26. The zero-order valence-corrected chi connectivity index (χ0v) is 10.7. The number of carbonyl (C=O) groups is 1. The summed E-state index contributed by atoms with van der Waals surface area (Å²) in [6.07, 6.45) is 0. The average Bonchev–Trinajstić information content (AvgIpc) is 2.33. The van der Waals surface area contributed by atoms with Crippen molar-refractivity contribution in [3.05, 3.63) is 53.1 Å². The molecule has 0 unspecified atom stereocenters. The van der Waals surface area contributed by atoms with Gasteiger partial charge in [0, 0.05) is 16.3 Å². The van der Waals surface area contributed by atoms with Gasteiger partial charge in [0.1, 0.15) is 0 Å². The van der Waals surface area contributed by atoms with Crippen LogP contribution in [0.15, 0.2) is 42.5 Å². The van der Waals surface area contributed by atoms with E-state index in [-0.39, 0.29) is 5.78 Å². The Morgan fingerprint density at radius 1 is 1.17 bits per heavy atom. The molecule has 0 aromatic heterocycles. The van der Waals surface area contributed by atoms with Crippen molar-refractivity contribution in [3.63, 3.8) is 0 Å². The lowest BCUT2D eigenvalue weighted by molar-refractivity contribution is 0.101. The second-order valence-electron chi connectivity index (χ2n) is 3.99. The molecular formula is C14H13ClN2O. The van der Waals surface area contributed by atoms with Crippen LogP contribution >= 0.6 is 11.6 Å². The van der Waals surface area contributed by atoms with Crippen LogP contribution in [0.3, 0.4) is 0 Å². The van der Waals surface area contributed by atoms with Gasteiger partial charge in [0.15, 0.2) is 5.78 Å². The highest BCUT2D eigenvalue weighted by Gasteiger charge is 2.02. The Balaban J connectivity index is 2.21. The molecule has 3 nitrogen and oxygen atoms in total. The lowest BCUT2D eigenvalue weighted by Gasteiger charge is -2.09. The van der Waals surface area contributed by atoms with E-state index in [1.54, 1.807) is 31.2 Å². The summed E-state index contributed by atoms with van der Waals surface area (Å²) in [5.41, 5.74) is 8.77. The normalized spacial score (nSPS) is 10.1. The summed E-state index contributed by atoms with van der Waals surface area (Å²) in [5, 5.41) is 3.77. The average molecular weight is 261 g/mol. The molecule has 0 spiro atoms. The third kappa shape index (κ3) is 2.81. The van der Waals surface area contributed by atoms with Gasteiger partial charge in [-0.3, -0.25) is 4.79 Å². The van der Waals surface area contributed by atoms with Crippen LogP contribution in [0.25, 0.3) is 0 Å². The number of nitrogens with two attached hydrogens (primary N) is 1. The van der Waals surface area contributed by atoms with Crippen molar-refractivity contribution in [1.82, 2.24) is 0 Å². The molecule has 2 aromatic rings. The molecule has 0 saturated carbocycles. The van der Waals surface area contributed by atoms with E-state index >= 15 is 0 Å². The Kier molecular flexibility index (Phi) is 3.53. The molecule has 2 aromatic carbocycles. The van der Waals surface area contributed by atoms with Crippen molar-refractivity contribution in [2.24, 2.45) is 0 Å². The summed E-state index contributed by atoms with van der Waals surface area (Å²) in [4.78, 5) is 11.2. The summed E-state index contributed by atoms with van der Waals surface area (Å²) in [5.74, 6) is 0.0487. The van der Waals surface area contributed by atoms with Crippen LogP contribution in [-0.4, -0.2) is 5.78 Å². The SMILES string of the molecule is CC(=O)c1ccc(Nc2ccc(Cl)cc2N)cc1. The Morgan fingerprint density at radius 2 is 1.83 bits per heavy atom. The van der Waals surface area contributed by atoms with Crippen LogP contribution in [0.2, 0.25) is 5.02 Å².